The van der Waals surface area contributed by atoms with E-state index in [-0.39, 0.29) is 17.0 Å². The lowest BCUT2D eigenvalue weighted by Crippen LogP contribution is -2.40. The largest absolute Gasteiger partial charge is 0.464 e. The number of esters is 1. The van der Waals surface area contributed by atoms with Crippen LogP contribution in [0.1, 0.15) is 49.4 Å². The topological polar surface area (TPSA) is 79.5 Å². The third-order valence-corrected chi connectivity index (χ3v) is 4.43. The van der Waals surface area contributed by atoms with Crippen molar-refractivity contribution in [2.24, 2.45) is 0 Å². The van der Waals surface area contributed by atoms with E-state index in [4.69, 9.17) is 4.74 Å². The molecule has 0 aliphatic rings. The summed E-state index contributed by atoms with van der Waals surface area (Å²) in [7, 11) is 2.74. The molecule has 138 valence electrons. The van der Waals surface area contributed by atoms with E-state index in [1.54, 1.807) is 20.8 Å². The van der Waals surface area contributed by atoms with Crippen molar-refractivity contribution in [1.82, 2.24) is 9.88 Å². The summed E-state index contributed by atoms with van der Waals surface area (Å²) < 4.78 is 18.0. The van der Waals surface area contributed by atoms with E-state index in [0.717, 1.165) is 6.07 Å². The van der Waals surface area contributed by atoms with Gasteiger partial charge in [0.05, 0.1) is 13.2 Å². The third-order valence-electron chi connectivity index (χ3n) is 4.43. The first-order chi connectivity index (χ1) is 12.2. The monoisotopic (exact) mass is 360 g/mol. The number of nitrogens with zero attached hydrogens (tertiary/aromatic N) is 1. The minimum atomic E-state index is -0.801. The number of carbonyl (C=O) groups excluding carboxylic acids is 3. The van der Waals surface area contributed by atoms with Gasteiger partial charge in [-0.05, 0) is 44.5 Å². The van der Waals surface area contributed by atoms with Gasteiger partial charge in [0.2, 0.25) is 0 Å². The molecule has 1 atom stereocenters. The second kappa shape index (κ2) is 7.51. The Bertz CT molecular complexity index is 872. The molecule has 0 fully saturated rings. The normalized spacial score (nSPS) is 11.8. The van der Waals surface area contributed by atoms with Crippen LogP contribution in [0.2, 0.25) is 0 Å². The summed E-state index contributed by atoms with van der Waals surface area (Å²) in [5.41, 5.74) is 1.70. The molecule has 0 spiro atoms. The van der Waals surface area contributed by atoms with E-state index >= 15 is 0 Å². The second-order valence-electron chi connectivity index (χ2n) is 6.08. The minimum Gasteiger partial charge on any atom is -0.464 e. The number of amides is 1. The van der Waals surface area contributed by atoms with Crippen LogP contribution in [0.5, 0.6) is 0 Å². The van der Waals surface area contributed by atoms with Crippen LogP contribution < -0.4 is 0 Å². The lowest BCUT2D eigenvalue weighted by molar-refractivity contribution is 0.0593. The smallest absolute Gasteiger partial charge is 0.354 e. The molecule has 1 aromatic carbocycles. The number of benzene rings is 1. The summed E-state index contributed by atoms with van der Waals surface area (Å²) in [5, 5.41) is 0. The highest BCUT2D eigenvalue weighted by Gasteiger charge is 2.29. The molecule has 1 unspecified atom stereocenters. The zero-order valence-corrected chi connectivity index (χ0v) is 15.3. The Hall–Kier alpha value is -2.96. The van der Waals surface area contributed by atoms with Crippen LogP contribution in [0, 0.1) is 19.7 Å². The van der Waals surface area contributed by atoms with Crippen molar-refractivity contribution in [2.45, 2.75) is 26.8 Å². The van der Waals surface area contributed by atoms with E-state index < -0.39 is 23.7 Å². The number of carbonyl (C=O) groups is 3. The number of aromatic amines is 1. The Kier molecular flexibility index (Phi) is 5.59. The van der Waals surface area contributed by atoms with Crippen molar-refractivity contribution in [3.63, 3.8) is 0 Å². The molecule has 6 nitrogen and oxygen atoms in total. The number of rotatable bonds is 5. The first kappa shape index (κ1) is 19.4. The molecule has 0 saturated heterocycles. The van der Waals surface area contributed by atoms with Gasteiger partial charge in [-0.25, -0.2) is 9.18 Å². The van der Waals surface area contributed by atoms with Gasteiger partial charge in [0.15, 0.2) is 5.78 Å². The van der Waals surface area contributed by atoms with Gasteiger partial charge in [-0.1, -0.05) is 6.07 Å². The molecule has 2 aromatic rings. The SMILES string of the molecule is COC(=O)c1[nH]c(C)c(C(=O)C(C)N(C)C(=O)c2cccc(F)c2)c1C. The van der Waals surface area contributed by atoms with Crippen molar-refractivity contribution < 1.29 is 23.5 Å². The Morgan fingerprint density at radius 2 is 1.88 bits per heavy atom. The lowest BCUT2D eigenvalue weighted by atomic mass is 9.99. The average molecular weight is 360 g/mol. The Morgan fingerprint density at radius 3 is 2.46 bits per heavy atom. The zero-order valence-electron chi connectivity index (χ0n) is 15.3. The van der Waals surface area contributed by atoms with Gasteiger partial charge in [-0.3, -0.25) is 9.59 Å². The van der Waals surface area contributed by atoms with E-state index in [2.05, 4.69) is 4.98 Å². The van der Waals surface area contributed by atoms with Gasteiger partial charge >= 0.3 is 5.97 Å². The van der Waals surface area contributed by atoms with Crippen LogP contribution in [-0.2, 0) is 4.74 Å². The van der Waals surface area contributed by atoms with Crippen LogP contribution in [0.15, 0.2) is 24.3 Å². The van der Waals surface area contributed by atoms with E-state index in [1.165, 1.54) is 37.3 Å². The highest BCUT2D eigenvalue weighted by molar-refractivity contribution is 6.07. The van der Waals surface area contributed by atoms with Crippen molar-refractivity contribution in [2.75, 3.05) is 14.2 Å². The second-order valence-corrected chi connectivity index (χ2v) is 6.08. The maximum Gasteiger partial charge on any atom is 0.354 e. The van der Waals surface area contributed by atoms with E-state index in [9.17, 15) is 18.8 Å². The molecule has 7 heteroatoms. The van der Waals surface area contributed by atoms with Crippen LogP contribution in [0.4, 0.5) is 4.39 Å². The number of likely N-dealkylation sites (N-methyl/N-ethyl adjacent to an activating group) is 1. The maximum atomic E-state index is 13.3. The van der Waals surface area contributed by atoms with Crippen LogP contribution in [-0.4, -0.2) is 47.7 Å². The Morgan fingerprint density at radius 1 is 1.23 bits per heavy atom. The number of hydrogen-bond donors (Lipinski definition) is 1. The third kappa shape index (κ3) is 3.51. The van der Waals surface area contributed by atoms with Gasteiger partial charge in [-0.2, -0.15) is 0 Å². The summed E-state index contributed by atoms with van der Waals surface area (Å²) >= 11 is 0. The van der Waals surface area contributed by atoms with Gasteiger partial charge in [0, 0.05) is 23.9 Å². The highest BCUT2D eigenvalue weighted by Crippen LogP contribution is 2.22. The molecule has 0 radical (unpaired) electrons. The Balaban J connectivity index is 2.31. The zero-order chi connectivity index (χ0) is 19.6. The van der Waals surface area contributed by atoms with Gasteiger partial charge in [0.1, 0.15) is 11.5 Å². The lowest BCUT2D eigenvalue weighted by Gasteiger charge is -2.24. The fraction of sp³-hybridized carbons (Fsp3) is 0.316. The first-order valence-electron chi connectivity index (χ1n) is 8.03. The van der Waals surface area contributed by atoms with E-state index in [1.807, 2.05) is 0 Å². The van der Waals surface area contributed by atoms with Gasteiger partial charge in [-0.15, -0.1) is 0 Å². The molecule has 2 rings (SSSR count). The molecule has 1 amide bonds. The molecule has 1 aromatic heterocycles. The molecule has 26 heavy (non-hydrogen) atoms. The van der Waals surface area contributed by atoms with Crippen molar-refractivity contribution in [3.8, 4) is 0 Å². The Labute approximate surface area is 151 Å². The first-order valence-corrected chi connectivity index (χ1v) is 8.03. The van der Waals surface area contributed by atoms with Crippen LogP contribution in [0.3, 0.4) is 0 Å². The van der Waals surface area contributed by atoms with Crippen LogP contribution >= 0.6 is 0 Å². The summed E-state index contributed by atoms with van der Waals surface area (Å²) in [6.45, 7) is 4.90. The average Bonchev–Trinajstić information content (AvgIpc) is 2.92. The number of nitrogens with one attached hydrogen (secondary N) is 1. The number of hydrogen-bond acceptors (Lipinski definition) is 4. The molecule has 1 N–H and O–H groups in total. The number of Topliss-reactive ketones (excluding diaryl/α,β-unsaturated/α-hetero) is 1. The summed E-state index contributed by atoms with van der Waals surface area (Å²) in [4.78, 5) is 41.3. The molecule has 1 heterocycles. The van der Waals surface area contributed by atoms with E-state index in [0.29, 0.717) is 16.8 Å². The number of ketones is 1. The van der Waals surface area contributed by atoms with Gasteiger partial charge < -0.3 is 14.6 Å². The molecule has 0 bridgehead atoms. The number of methoxy groups -OCH3 is 1. The molecule has 0 aliphatic heterocycles. The van der Waals surface area contributed by atoms with Crippen molar-refractivity contribution >= 4 is 17.7 Å². The fourth-order valence-electron chi connectivity index (χ4n) is 2.81. The molecule has 0 saturated carbocycles. The number of H-pyrrole nitrogens is 1. The molecule has 0 aliphatic carbocycles. The maximum absolute atomic E-state index is 13.3. The number of ether oxygens (including phenoxy) is 1. The number of aryl methyl sites for hydroxylation is 1. The predicted molar refractivity (Wildman–Crippen MR) is 93.9 cm³/mol. The quantitative estimate of drug-likeness (QED) is 0.657. The number of aromatic nitrogens is 1. The fourth-order valence-corrected chi connectivity index (χ4v) is 2.81. The minimum absolute atomic E-state index is 0.157. The van der Waals surface area contributed by atoms with Gasteiger partial charge in [0.25, 0.3) is 5.91 Å². The predicted octanol–water partition coefficient (Wildman–Crippen LogP) is 2.90. The highest BCUT2D eigenvalue weighted by atomic mass is 19.1. The molecular formula is C19H21FN2O4. The number of halogens is 1. The molecular weight excluding hydrogens is 339 g/mol. The van der Waals surface area contributed by atoms with Crippen LogP contribution in [0.25, 0.3) is 0 Å². The standard InChI is InChI=1S/C19H21FN2O4/c1-10-15(11(2)21-16(10)19(25)26-5)17(23)12(3)22(4)18(24)13-7-6-8-14(20)9-13/h6-9,12,21H,1-5H3. The summed E-state index contributed by atoms with van der Waals surface area (Å²) in [5.74, 6) is -1.88. The van der Waals surface area contributed by atoms with Crippen molar-refractivity contribution in [1.29, 1.82) is 0 Å². The summed E-state index contributed by atoms with van der Waals surface area (Å²) in [6.07, 6.45) is 0. The van der Waals surface area contributed by atoms with Crippen molar-refractivity contribution in [3.05, 3.63) is 58.2 Å². The summed E-state index contributed by atoms with van der Waals surface area (Å²) in [6, 6.07) is 4.49.